The predicted octanol–water partition coefficient (Wildman–Crippen LogP) is 7.22. The minimum atomic E-state index is -0.693. The molecule has 0 spiro atoms. The molecule has 6 heteroatoms. The number of ether oxygens (including phenoxy) is 1. The van der Waals surface area contributed by atoms with E-state index >= 15 is 0 Å². The predicted molar refractivity (Wildman–Crippen MR) is 119 cm³/mol. The molecule has 2 heterocycles. The lowest BCUT2D eigenvalue weighted by molar-refractivity contribution is -0.0481. The molecule has 0 amide bonds. The van der Waals surface area contributed by atoms with E-state index in [1.54, 1.807) is 12.1 Å². The summed E-state index contributed by atoms with van der Waals surface area (Å²) in [6.45, 7) is 5.88. The zero-order chi connectivity index (χ0) is 20.9. The maximum Gasteiger partial charge on any atom is 0.220 e. The highest BCUT2D eigenvalue weighted by molar-refractivity contribution is 6.36. The van der Waals surface area contributed by atoms with E-state index in [-0.39, 0.29) is 5.92 Å². The van der Waals surface area contributed by atoms with E-state index in [0.29, 0.717) is 32.2 Å². The minimum Gasteiger partial charge on any atom is -0.471 e. The summed E-state index contributed by atoms with van der Waals surface area (Å²) in [5.41, 5.74) is 3.25. The molecule has 1 aliphatic rings. The molecule has 0 aliphatic carbocycles. The molecule has 1 aromatic heterocycles. The zero-order valence-electron chi connectivity index (χ0n) is 16.2. The van der Waals surface area contributed by atoms with Crippen molar-refractivity contribution < 1.29 is 9.84 Å². The third-order valence-electron chi connectivity index (χ3n) is 5.61. The van der Waals surface area contributed by atoms with E-state index in [1.807, 2.05) is 57.2 Å². The van der Waals surface area contributed by atoms with Crippen molar-refractivity contribution in [2.75, 3.05) is 0 Å². The van der Waals surface area contributed by atoms with E-state index in [2.05, 4.69) is 0 Å². The maximum atomic E-state index is 10.9. The summed E-state index contributed by atoms with van der Waals surface area (Å²) in [5.74, 6) is 0.319. The quantitative estimate of drug-likeness (QED) is 0.450. The number of rotatable bonds is 2. The molecular formula is C23H20Cl3NO2. The van der Waals surface area contributed by atoms with Crippen LogP contribution in [0.4, 0.5) is 0 Å². The highest BCUT2D eigenvalue weighted by atomic mass is 35.5. The van der Waals surface area contributed by atoms with Crippen LogP contribution in [0.1, 0.15) is 32.4 Å². The van der Waals surface area contributed by atoms with Crippen LogP contribution < -0.4 is 4.74 Å². The molecule has 0 radical (unpaired) electrons. The fourth-order valence-corrected chi connectivity index (χ4v) is 4.16. The van der Waals surface area contributed by atoms with Crippen LogP contribution in [0.5, 0.6) is 5.88 Å². The van der Waals surface area contributed by atoms with Crippen molar-refractivity contribution in [3.05, 3.63) is 69.2 Å². The molecule has 1 N–H and O–H groups in total. The maximum absolute atomic E-state index is 10.9. The van der Waals surface area contributed by atoms with Crippen LogP contribution in [0.25, 0.3) is 22.4 Å². The van der Waals surface area contributed by atoms with E-state index in [9.17, 15) is 5.11 Å². The number of pyridine rings is 1. The Labute approximate surface area is 185 Å². The highest BCUT2D eigenvalue weighted by Crippen LogP contribution is 2.46. The second-order valence-corrected chi connectivity index (χ2v) is 9.13. The Bertz CT molecular complexity index is 1080. The van der Waals surface area contributed by atoms with Crippen molar-refractivity contribution >= 4 is 34.8 Å². The van der Waals surface area contributed by atoms with Crippen molar-refractivity contribution in [1.29, 1.82) is 0 Å². The zero-order valence-corrected chi connectivity index (χ0v) is 18.5. The lowest BCUT2D eigenvalue weighted by Gasteiger charge is -2.40. The largest absolute Gasteiger partial charge is 0.471 e. The Hall–Kier alpha value is -1.78. The summed E-state index contributed by atoms with van der Waals surface area (Å²) >= 11 is 18.7. The number of halogens is 3. The fraction of sp³-hybridized carbons (Fsp3) is 0.261. The standard InChI is InChI=1S/C23H20Cl3NO2/c1-12-21(28)18-11-17(13-4-6-14(24)7-5-13)20(27-22(18)29-23(12,2)3)16-9-8-15(25)10-19(16)26/h4-12,21,28H,1-3H3. The molecule has 29 heavy (non-hydrogen) atoms. The van der Waals surface area contributed by atoms with Gasteiger partial charge < -0.3 is 9.84 Å². The SMILES string of the molecule is CC1C(O)c2cc(-c3ccc(Cl)cc3)c(-c3ccc(Cl)cc3Cl)nc2OC1(C)C. The molecule has 0 saturated heterocycles. The topological polar surface area (TPSA) is 42.4 Å². The third kappa shape index (κ3) is 3.73. The van der Waals surface area contributed by atoms with Gasteiger partial charge >= 0.3 is 0 Å². The Morgan fingerprint density at radius 1 is 0.931 bits per heavy atom. The number of hydrogen-bond donors (Lipinski definition) is 1. The first-order chi connectivity index (χ1) is 13.7. The van der Waals surface area contributed by atoms with Gasteiger partial charge in [-0.2, -0.15) is 0 Å². The fourth-order valence-electron chi connectivity index (χ4n) is 3.53. The van der Waals surface area contributed by atoms with E-state index in [4.69, 9.17) is 44.5 Å². The van der Waals surface area contributed by atoms with Crippen molar-refractivity contribution in [3.63, 3.8) is 0 Å². The molecule has 4 rings (SSSR count). The van der Waals surface area contributed by atoms with Gasteiger partial charge in [-0.3, -0.25) is 0 Å². The van der Waals surface area contributed by atoms with Gasteiger partial charge in [0.2, 0.25) is 5.88 Å². The number of aliphatic hydroxyl groups is 1. The molecule has 2 aromatic carbocycles. The number of fused-ring (bicyclic) bond motifs is 1. The van der Waals surface area contributed by atoms with Gasteiger partial charge in [0.05, 0.1) is 16.8 Å². The number of benzene rings is 2. The normalized spacial score (nSPS) is 20.1. The molecule has 0 bridgehead atoms. The van der Waals surface area contributed by atoms with Crippen LogP contribution in [0.15, 0.2) is 48.5 Å². The third-order valence-corrected chi connectivity index (χ3v) is 6.41. The number of hydrogen-bond acceptors (Lipinski definition) is 3. The van der Waals surface area contributed by atoms with Crippen LogP contribution in [0.2, 0.25) is 15.1 Å². The molecular weight excluding hydrogens is 429 g/mol. The van der Waals surface area contributed by atoms with E-state index < -0.39 is 11.7 Å². The van der Waals surface area contributed by atoms with Gasteiger partial charge in [0.25, 0.3) is 0 Å². The molecule has 0 fully saturated rings. The second-order valence-electron chi connectivity index (χ2n) is 7.85. The average Bonchev–Trinajstić information content (AvgIpc) is 2.66. The monoisotopic (exact) mass is 447 g/mol. The second kappa shape index (κ2) is 7.48. The average molecular weight is 449 g/mol. The van der Waals surface area contributed by atoms with Crippen molar-refractivity contribution in [1.82, 2.24) is 4.98 Å². The van der Waals surface area contributed by atoms with Gasteiger partial charge in [0, 0.05) is 32.7 Å². The van der Waals surface area contributed by atoms with Gasteiger partial charge in [-0.15, -0.1) is 0 Å². The Morgan fingerprint density at radius 3 is 2.24 bits per heavy atom. The lowest BCUT2D eigenvalue weighted by atomic mass is 9.81. The van der Waals surface area contributed by atoms with Crippen LogP contribution in [0.3, 0.4) is 0 Å². The Morgan fingerprint density at radius 2 is 1.59 bits per heavy atom. The van der Waals surface area contributed by atoms with Gasteiger partial charge in [-0.05, 0) is 55.8 Å². The lowest BCUT2D eigenvalue weighted by Crippen LogP contribution is -2.43. The van der Waals surface area contributed by atoms with Crippen molar-refractivity contribution in [3.8, 4) is 28.3 Å². The molecule has 1 aliphatic heterocycles. The highest BCUT2D eigenvalue weighted by Gasteiger charge is 2.41. The van der Waals surface area contributed by atoms with Crippen LogP contribution in [-0.4, -0.2) is 15.7 Å². The van der Waals surface area contributed by atoms with E-state index in [1.165, 1.54) is 0 Å². The smallest absolute Gasteiger partial charge is 0.220 e. The number of aromatic nitrogens is 1. The van der Waals surface area contributed by atoms with Gasteiger partial charge in [-0.25, -0.2) is 4.98 Å². The van der Waals surface area contributed by atoms with Gasteiger partial charge in [0.15, 0.2) is 0 Å². The molecule has 150 valence electrons. The first-order valence-corrected chi connectivity index (χ1v) is 10.4. The molecule has 3 aromatic rings. The number of aliphatic hydroxyl groups excluding tert-OH is 1. The van der Waals surface area contributed by atoms with Gasteiger partial charge in [0.1, 0.15) is 5.60 Å². The molecule has 2 atom stereocenters. The Kier molecular flexibility index (Phi) is 5.28. The van der Waals surface area contributed by atoms with Crippen molar-refractivity contribution in [2.24, 2.45) is 5.92 Å². The number of nitrogens with zero attached hydrogens (tertiary/aromatic N) is 1. The Balaban J connectivity index is 1.99. The summed E-state index contributed by atoms with van der Waals surface area (Å²) in [6.07, 6.45) is -0.693. The summed E-state index contributed by atoms with van der Waals surface area (Å²) in [5, 5.41) is 12.6. The molecule has 3 nitrogen and oxygen atoms in total. The minimum absolute atomic E-state index is 0.0974. The summed E-state index contributed by atoms with van der Waals surface area (Å²) in [4.78, 5) is 4.81. The van der Waals surface area contributed by atoms with Crippen molar-refractivity contribution in [2.45, 2.75) is 32.5 Å². The van der Waals surface area contributed by atoms with Crippen LogP contribution >= 0.6 is 34.8 Å². The van der Waals surface area contributed by atoms with Gasteiger partial charge in [-0.1, -0.05) is 53.9 Å². The van der Waals surface area contributed by atoms with Crippen LogP contribution in [-0.2, 0) is 0 Å². The summed E-state index contributed by atoms with van der Waals surface area (Å²) in [7, 11) is 0. The van der Waals surface area contributed by atoms with E-state index in [0.717, 1.165) is 16.7 Å². The summed E-state index contributed by atoms with van der Waals surface area (Å²) < 4.78 is 6.18. The first-order valence-electron chi connectivity index (χ1n) is 9.31. The first kappa shape index (κ1) is 20.5. The molecule has 2 unspecified atom stereocenters. The van der Waals surface area contributed by atoms with Crippen LogP contribution in [0, 0.1) is 5.92 Å². The summed E-state index contributed by atoms with van der Waals surface area (Å²) in [6, 6.07) is 14.7. The molecule has 0 saturated carbocycles.